The van der Waals surface area contributed by atoms with Gasteiger partial charge in [0.25, 0.3) is 5.91 Å². The van der Waals surface area contributed by atoms with Gasteiger partial charge in [0.15, 0.2) is 5.69 Å². The molecule has 0 aliphatic carbocycles. The van der Waals surface area contributed by atoms with Crippen LogP contribution in [0.5, 0.6) is 0 Å². The number of H-pyrrole nitrogens is 1. The molecule has 1 aromatic heterocycles. The zero-order chi connectivity index (χ0) is 21.1. The zero-order valence-electron chi connectivity index (χ0n) is 16.1. The fourth-order valence-electron chi connectivity index (χ4n) is 3.48. The second kappa shape index (κ2) is 8.44. The molecule has 0 saturated carbocycles. The van der Waals surface area contributed by atoms with Crippen molar-refractivity contribution in [2.75, 3.05) is 6.54 Å². The fourth-order valence-corrected chi connectivity index (χ4v) is 3.48. The second-order valence-electron chi connectivity index (χ2n) is 7.17. The van der Waals surface area contributed by atoms with Crippen molar-refractivity contribution in [3.05, 3.63) is 88.2 Å². The van der Waals surface area contributed by atoms with Gasteiger partial charge in [-0.3, -0.25) is 14.7 Å². The van der Waals surface area contributed by atoms with Crippen LogP contribution in [0.1, 0.15) is 32.9 Å². The number of aromatic nitrogens is 2. The van der Waals surface area contributed by atoms with E-state index in [0.29, 0.717) is 24.1 Å². The Hall–Kier alpha value is -3.55. The Morgan fingerprint density at radius 1 is 1.10 bits per heavy atom. The first-order valence-corrected chi connectivity index (χ1v) is 9.61. The van der Waals surface area contributed by atoms with Crippen molar-refractivity contribution >= 4 is 11.8 Å². The number of benzene rings is 2. The average Bonchev–Trinajstić information content (AvgIpc) is 3.18. The number of carbonyl (C=O) groups excluding carboxylic acids is 2. The van der Waals surface area contributed by atoms with Gasteiger partial charge in [0.1, 0.15) is 11.6 Å². The summed E-state index contributed by atoms with van der Waals surface area (Å²) in [5.41, 5.74) is 2.82. The van der Waals surface area contributed by atoms with Gasteiger partial charge in [-0.15, -0.1) is 0 Å². The number of rotatable bonds is 5. The summed E-state index contributed by atoms with van der Waals surface area (Å²) in [6.07, 6.45) is 0.503. The van der Waals surface area contributed by atoms with Crippen molar-refractivity contribution in [3.63, 3.8) is 0 Å². The number of nitrogens with zero attached hydrogens (tertiary/aromatic N) is 2. The molecule has 0 radical (unpaired) electrons. The minimum absolute atomic E-state index is 0.0358. The predicted octanol–water partition coefficient (Wildman–Crippen LogP) is 2.75. The fraction of sp³-hybridized carbons (Fsp3) is 0.227. The highest BCUT2D eigenvalue weighted by atomic mass is 19.1. The summed E-state index contributed by atoms with van der Waals surface area (Å²) in [6.45, 7) is 0.939. The highest BCUT2D eigenvalue weighted by molar-refractivity contribution is 5.94. The third-order valence-corrected chi connectivity index (χ3v) is 5.17. The average molecular weight is 410 g/mol. The van der Waals surface area contributed by atoms with Crippen LogP contribution in [0.2, 0.25) is 0 Å². The third kappa shape index (κ3) is 4.22. The molecule has 4 rings (SSSR count). The summed E-state index contributed by atoms with van der Waals surface area (Å²) in [4.78, 5) is 26.9. The lowest BCUT2D eigenvalue weighted by Gasteiger charge is -2.27. The Morgan fingerprint density at radius 3 is 2.63 bits per heavy atom. The maximum atomic E-state index is 13.9. The molecule has 2 aromatic carbocycles. The van der Waals surface area contributed by atoms with E-state index < -0.39 is 5.82 Å². The second-order valence-corrected chi connectivity index (χ2v) is 7.17. The lowest BCUT2D eigenvalue weighted by atomic mass is 10.0. The number of amides is 2. The van der Waals surface area contributed by atoms with Gasteiger partial charge in [0, 0.05) is 37.3 Å². The van der Waals surface area contributed by atoms with Crippen molar-refractivity contribution in [1.82, 2.24) is 20.4 Å². The summed E-state index contributed by atoms with van der Waals surface area (Å²) >= 11 is 0. The van der Waals surface area contributed by atoms with Crippen LogP contribution in [0, 0.1) is 11.6 Å². The van der Waals surface area contributed by atoms with Crippen LogP contribution >= 0.6 is 0 Å². The number of aromatic amines is 1. The molecule has 2 amide bonds. The minimum atomic E-state index is -0.410. The van der Waals surface area contributed by atoms with Crippen molar-refractivity contribution < 1.29 is 18.4 Å². The summed E-state index contributed by atoms with van der Waals surface area (Å²) in [6, 6.07) is 12.1. The summed E-state index contributed by atoms with van der Waals surface area (Å²) in [7, 11) is 0. The maximum absolute atomic E-state index is 13.9. The van der Waals surface area contributed by atoms with Crippen molar-refractivity contribution in [1.29, 1.82) is 0 Å². The van der Waals surface area contributed by atoms with Crippen LogP contribution in [0.3, 0.4) is 0 Å². The minimum Gasteiger partial charge on any atom is -0.347 e. The monoisotopic (exact) mass is 410 g/mol. The van der Waals surface area contributed by atoms with E-state index in [9.17, 15) is 18.4 Å². The predicted molar refractivity (Wildman–Crippen MR) is 105 cm³/mol. The number of nitrogens with one attached hydrogen (secondary N) is 2. The first-order chi connectivity index (χ1) is 14.5. The van der Waals surface area contributed by atoms with Crippen LogP contribution < -0.4 is 5.32 Å². The number of hydrogen-bond acceptors (Lipinski definition) is 3. The molecule has 1 aliphatic heterocycles. The molecule has 8 heteroatoms. The molecule has 0 fully saturated rings. The molecular weight excluding hydrogens is 390 g/mol. The molecule has 0 spiro atoms. The van der Waals surface area contributed by atoms with E-state index in [-0.39, 0.29) is 42.8 Å². The lowest BCUT2D eigenvalue weighted by molar-refractivity contribution is -0.131. The largest absolute Gasteiger partial charge is 0.347 e. The molecule has 0 bridgehead atoms. The Morgan fingerprint density at radius 2 is 1.87 bits per heavy atom. The molecule has 0 atom stereocenters. The highest BCUT2D eigenvalue weighted by Gasteiger charge is 2.28. The Labute approximate surface area is 171 Å². The highest BCUT2D eigenvalue weighted by Crippen LogP contribution is 2.21. The van der Waals surface area contributed by atoms with E-state index in [1.165, 1.54) is 18.2 Å². The molecule has 2 N–H and O–H groups in total. The molecular formula is C22H20F2N4O2. The summed E-state index contributed by atoms with van der Waals surface area (Å²) < 4.78 is 26.9. The molecule has 0 saturated heterocycles. The van der Waals surface area contributed by atoms with Gasteiger partial charge in [0.2, 0.25) is 5.91 Å². The lowest BCUT2D eigenvalue weighted by Crippen LogP contribution is -2.37. The molecule has 0 unspecified atom stereocenters. The first kappa shape index (κ1) is 19.8. The molecule has 6 nitrogen and oxygen atoms in total. The quantitative estimate of drug-likeness (QED) is 0.679. The SMILES string of the molecule is O=C(NCc1ccc(F)cc1)c1n[nH]c2c1CN(C(=O)Cc1ccccc1F)CC2. The molecule has 154 valence electrons. The normalized spacial score (nSPS) is 13.1. The van der Waals surface area contributed by atoms with E-state index in [1.54, 1.807) is 35.2 Å². The third-order valence-electron chi connectivity index (χ3n) is 5.17. The van der Waals surface area contributed by atoms with E-state index in [1.807, 2.05) is 0 Å². The van der Waals surface area contributed by atoms with Crippen molar-refractivity contribution in [2.45, 2.75) is 25.9 Å². The number of halogens is 2. The van der Waals surface area contributed by atoms with E-state index >= 15 is 0 Å². The van der Waals surface area contributed by atoms with Crippen LogP contribution in [0.4, 0.5) is 8.78 Å². The van der Waals surface area contributed by atoms with Crippen molar-refractivity contribution in [2.24, 2.45) is 0 Å². The summed E-state index contributed by atoms with van der Waals surface area (Å²) in [5.74, 6) is -1.33. The zero-order valence-corrected chi connectivity index (χ0v) is 16.1. The molecule has 1 aliphatic rings. The van der Waals surface area contributed by atoms with Gasteiger partial charge in [-0.2, -0.15) is 5.10 Å². The van der Waals surface area contributed by atoms with Gasteiger partial charge in [-0.1, -0.05) is 30.3 Å². The van der Waals surface area contributed by atoms with Gasteiger partial charge < -0.3 is 10.2 Å². The Kier molecular flexibility index (Phi) is 5.56. The standard InChI is InChI=1S/C22H20F2N4O2/c23-16-7-5-14(6-8-16)12-25-22(30)21-17-13-28(10-9-19(17)26-27-21)20(29)11-15-3-1-2-4-18(15)24/h1-8H,9-13H2,(H,25,30)(H,26,27). The Balaban J connectivity index is 1.42. The van der Waals surface area contributed by atoms with Crippen LogP contribution in [0.25, 0.3) is 0 Å². The van der Waals surface area contributed by atoms with Gasteiger partial charge >= 0.3 is 0 Å². The summed E-state index contributed by atoms with van der Waals surface area (Å²) in [5, 5.41) is 9.76. The van der Waals surface area contributed by atoms with Gasteiger partial charge in [-0.05, 0) is 29.3 Å². The van der Waals surface area contributed by atoms with Gasteiger partial charge in [-0.25, -0.2) is 8.78 Å². The van der Waals surface area contributed by atoms with Crippen LogP contribution in [0.15, 0.2) is 48.5 Å². The maximum Gasteiger partial charge on any atom is 0.272 e. The number of carbonyl (C=O) groups is 2. The molecule has 30 heavy (non-hydrogen) atoms. The first-order valence-electron chi connectivity index (χ1n) is 9.61. The number of hydrogen-bond donors (Lipinski definition) is 2. The van der Waals surface area contributed by atoms with E-state index in [4.69, 9.17) is 0 Å². The van der Waals surface area contributed by atoms with E-state index in [0.717, 1.165) is 11.3 Å². The van der Waals surface area contributed by atoms with Crippen LogP contribution in [-0.4, -0.2) is 33.5 Å². The van der Waals surface area contributed by atoms with E-state index in [2.05, 4.69) is 15.5 Å². The van der Waals surface area contributed by atoms with Crippen molar-refractivity contribution in [3.8, 4) is 0 Å². The topological polar surface area (TPSA) is 78.1 Å². The smallest absolute Gasteiger partial charge is 0.272 e. The van der Waals surface area contributed by atoms with Gasteiger partial charge in [0.05, 0.1) is 6.42 Å². The molecule has 3 aromatic rings. The molecule has 2 heterocycles. The van der Waals surface area contributed by atoms with Crippen LogP contribution in [-0.2, 0) is 30.7 Å². The number of fused-ring (bicyclic) bond motifs is 1. The Bertz CT molecular complexity index is 1080.